The van der Waals surface area contributed by atoms with Gasteiger partial charge in [0, 0.05) is 18.6 Å². The second-order valence-corrected chi connectivity index (χ2v) is 3.98. The van der Waals surface area contributed by atoms with E-state index in [0.717, 1.165) is 10.9 Å². The molecule has 0 radical (unpaired) electrons. The minimum absolute atomic E-state index is 0.0631. The Balaban J connectivity index is 2.28. The molecule has 0 saturated carbocycles. The van der Waals surface area contributed by atoms with E-state index in [1.54, 1.807) is 19.3 Å². The summed E-state index contributed by atoms with van der Waals surface area (Å²) < 4.78 is 4.54. The number of likely N-dealkylation sites (N-methyl/N-ethyl adjacent to an activating group) is 1. The van der Waals surface area contributed by atoms with Gasteiger partial charge in [0.2, 0.25) is 0 Å². The number of methoxy groups -OCH3 is 1. The van der Waals surface area contributed by atoms with Crippen LogP contribution in [0.4, 0.5) is 0 Å². The maximum atomic E-state index is 12.2. The van der Waals surface area contributed by atoms with Gasteiger partial charge in [-0.1, -0.05) is 12.1 Å². The van der Waals surface area contributed by atoms with Crippen LogP contribution in [0.2, 0.25) is 0 Å². The van der Waals surface area contributed by atoms with Gasteiger partial charge >= 0.3 is 5.97 Å². The number of nitrogens with zero attached hydrogens (tertiary/aromatic N) is 1. The van der Waals surface area contributed by atoms with Gasteiger partial charge in [0.25, 0.3) is 5.91 Å². The average molecular weight is 246 g/mol. The zero-order valence-corrected chi connectivity index (χ0v) is 10.3. The first-order valence-corrected chi connectivity index (χ1v) is 5.52. The number of carbonyl (C=O) groups excluding carboxylic acids is 2. The van der Waals surface area contributed by atoms with Gasteiger partial charge in [0.05, 0.1) is 18.2 Å². The van der Waals surface area contributed by atoms with Gasteiger partial charge in [-0.2, -0.15) is 0 Å². The first kappa shape index (κ1) is 12.2. The number of esters is 1. The third-order valence-corrected chi connectivity index (χ3v) is 2.76. The van der Waals surface area contributed by atoms with Crippen molar-refractivity contribution in [2.75, 3.05) is 20.7 Å². The van der Waals surface area contributed by atoms with Gasteiger partial charge in [-0.15, -0.1) is 0 Å². The van der Waals surface area contributed by atoms with E-state index in [1.807, 2.05) is 18.2 Å². The zero-order chi connectivity index (χ0) is 13.1. The quantitative estimate of drug-likeness (QED) is 0.833. The summed E-state index contributed by atoms with van der Waals surface area (Å²) in [4.78, 5) is 27.7. The van der Waals surface area contributed by atoms with Crippen LogP contribution in [0.25, 0.3) is 10.9 Å². The Kier molecular flexibility index (Phi) is 3.32. The van der Waals surface area contributed by atoms with E-state index < -0.39 is 5.97 Å². The predicted molar refractivity (Wildman–Crippen MR) is 67.3 cm³/mol. The van der Waals surface area contributed by atoms with Gasteiger partial charge in [-0.25, -0.2) is 0 Å². The van der Waals surface area contributed by atoms with Crippen molar-refractivity contribution in [3.63, 3.8) is 0 Å². The second kappa shape index (κ2) is 4.91. The van der Waals surface area contributed by atoms with Crippen molar-refractivity contribution < 1.29 is 14.3 Å². The molecule has 0 aliphatic rings. The fourth-order valence-corrected chi connectivity index (χ4v) is 1.80. The molecule has 0 bridgehead atoms. The number of H-pyrrole nitrogens is 1. The molecule has 1 amide bonds. The van der Waals surface area contributed by atoms with Crippen LogP contribution in [0.1, 0.15) is 10.4 Å². The molecule has 5 nitrogen and oxygen atoms in total. The number of ether oxygens (including phenoxy) is 1. The van der Waals surface area contributed by atoms with Crippen LogP contribution in [-0.4, -0.2) is 42.5 Å². The maximum absolute atomic E-state index is 12.2. The number of nitrogens with one attached hydrogen (secondary N) is 1. The molecule has 1 N–H and O–H groups in total. The molecule has 2 aromatic rings. The van der Waals surface area contributed by atoms with Gasteiger partial charge in [-0.05, 0) is 12.1 Å². The molecular weight excluding hydrogens is 232 g/mol. The highest BCUT2D eigenvalue weighted by Gasteiger charge is 2.17. The summed E-state index contributed by atoms with van der Waals surface area (Å²) in [5, 5.41) is 0.965. The first-order valence-electron chi connectivity index (χ1n) is 5.52. The lowest BCUT2D eigenvalue weighted by Gasteiger charge is -2.16. The lowest BCUT2D eigenvalue weighted by atomic mass is 10.1. The molecule has 0 saturated heterocycles. The maximum Gasteiger partial charge on any atom is 0.325 e. The van der Waals surface area contributed by atoms with E-state index in [2.05, 4.69) is 9.72 Å². The number of hydrogen-bond acceptors (Lipinski definition) is 3. The average Bonchev–Trinajstić information content (AvgIpc) is 2.85. The first-order chi connectivity index (χ1) is 8.63. The highest BCUT2D eigenvalue weighted by atomic mass is 16.5. The Morgan fingerprint density at radius 3 is 2.83 bits per heavy atom. The minimum Gasteiger partial charge on any atom is -0.468 e. The molecule has 1 heterocycles. The van der Waals surface area contributed by atoms with Gasteiger partial charge in [0.15, 0.2) is 0 Å². The minimum atomic E-state index is -0.440. The molecule has 1 aromatic carbocycles. The standard InChI is InChI=1S/C13H14N2O3/c1-15(8-11(16)18-2)13(17)10-5-3-4-9-6-7-14-12(9)10/h3-7,14H,8H2,1-2H3. The Labute approximate surface area is 104 Å². The monoisotopic (exact) mass is 246 g/mol. The fourth-order valence-electron chi connectivity index (χ4n) is 1.80. The lowest BCUT2D eigenvalue weighted by molar-refractivity contribution is -0.141. The van der Waals surface area contributed by atoms with Gasteiger partial charge in [-0.3, -0.25) is 9.59 Å². The third-order valence-electron chi connectivity index (χ3n) is 2.76. The van der Waals surface area contributed by atoms with Crippen molar-refractivity contribution in [3.8, 4) is 0 Å². The largest absolute Gasteiger partial charge is 0.468 e. The Hall–Kier alpha value is -2.30. The van der Waals surface area contributed by atoms with Crippen LogP contribution in [-0.2, 0) is 9.53 Å². The van der Waals surface area contributed by atoms with Gasteiger partial charge in [0.1, 0.15) is 6.54 Å². The number of hydrogen-bond donors (Lipinski definition) is 1. The van der Waals surface area contributed by atoms with Crippen LogP contribution >= 0.6 is 0 Å². The molecule has 18 heavy (non-hydrogen) atoms. The number of aromatic nitrogens is 1. The molecular formula is C13H14N2O3. The van der Waals surface area contributed by atoms with Crippen LogP contribution in [0.15, 0.2) is 30.5 Å². The summed E-state index contributed by atoms with van der Waals surface area (Å²) in [6.45, 7) is -0.0631. The number of benzene rings is 1. The van der Waals surface area contributed by atoms with Crippen LogP contribution < -0.4 is 0 Å². The van der Waals surface area contributed by atoms with Crippen LogP contribution in [0.5, 0.6) is 0 Å². The molecule has 2 rings (SSSR count). The molecule has 0 spiro atoms. The molecule has 5 heteroatoms. The lowest BCUT2D eigenvalue weighted by Crippen LogP contribution is -2.32. The fraction of sp³-hybridized carbons (Fsp3) is 0.231. The van der Waals surface area contributed by atoms with Gasteiger partial charge < -0.3 is 14.6 Å². The predicted octanol–water partition coefficient (Wildman–Crippen LogP) is 1.41. The Bertz CT molecular complexity index is 589. The normalized spacial score (nSPS) is 10.3. The highest BCUT2D eigenvalue weighted by molar-refractivity contribution is 6.06. The summed E-state index contributed by atoms with van der Waals surface area (Å²) in [6, 6.07) is 7.36. The molecule has 0 aliphatic carbocycles. The summed E-state index contributed by atoms with van der Waals surface area (Å²) >= 11 is 0. The Morgan fingerprint density at radius 1 is 1.33 bits per heavy atom. The topological polar surface area (TPSA) is 62.4 Å². The van der Waals surface area contributed by atoms with Crippen molar-refractivity contribution in [3.05, 3.63) is 36.0 Å². The van der Waals surface area contributed by atoms with E-state index in [-0.39, 0.29) is 12.5 Å². The molecule has 0 atom stereocenters. The van der Waals surface area contributed by atoms with Crippen molar-refractivity contribution in [2.45, 2.75) is 0 Å². The summed E-state index contributed by atoms with van der Waals surface area (Å²) in [5.41, 5.74) is 1.32. The van der Waals surface area contributed by atoms with Crippen LogP contribution in [0, 0.1) is 0 Å². The smallest absolute Gasteiger partial charge is 0.325 e. The van der Waals surface area contributed by atoms with Crippen LogP contribution in [0.3, 0.4) is 0 Å². The highest BCUT2D eigenvalue weighted by Crippen LogP contribution is 2.18. The third kappa shape index (κ3) is 2.20. The molecule has 94 valence electrons. The van der Waals surface area contributed by atoms with Crippen molar-refractivity contribution in [1.29, 1.82) is 0 Å². The Morgan fingerprint density at radius 2 is 2.11 bits per heavy atom. The van der Waals surface area contributed by atoms with Crippen molar-refractivity contribution >= 4 is 22.8 Å². The van der Waals surface area contributed by atoms with E-state index in [9.17, 15) is 9.59 Å². The van der Waals surface area contributed by atoms with Crippen molar-refractivity contribution in [1.82, 2.24) is 9.88 Å². The molecule has 1 aromatic heterocycles. The SMILES string of the molecule is COC(=O)CN(C)C(=O)c1cccc2cc[nH]c12. The summed E-state index contributed by atoms with van der Waals surface area (Å²) in [5.74, 6) is -0.655. The molecule has 0 fully saturated rings. The molecule has 0 aliphatic heterocycles. The summed E-state index contributed by atoms with van der Waals surface area (Å²) in [7, 11) is 2.87. The van der Waals surface area contributed by atoms with E-state index in [1.165, 1.54) is 12.0 Å². The number of amides is 1. The van der Waals surface area contributed by atoms with E-state index in [4.69, 9.17) is 0 Å². The van der Waals surface area contributed by atoms with E-state index in [0.29, 0.717) is 5.56 Å². The number of para-hydroxylation sites is 1. The zero-order valence-electron chi connectivity index (χ0n) is 10.3. The number of rotatable bonds is 3. The second-order valence-electron chi connectivity index (χ2n) is 3.98. The number of carbonyl (C=O) groups is 2. The molecule has 0 unspecified atom stereocenters. The van der Waals surface area contributed by atoms with Crippen molar-refractivity contribution in [2.24, 2.45) is 0 Å². The number of fused-ring (bicyclic) bond motifs is 1. The van der Waals surface area contributed by atoms with E-state index >= 15 is 0 Å². The summed E-state index contributed by atoms with van der Waals surface area (Å²) in [6.07, 6.45) is 1.78. The number of aromatic amines is 1.